The first-order valence-electron chi connectivity index (χ1n) is 2.53. The lowest BCUT2D eigenvalue weighted by Crippen LogP contribution is -2.22. The molecule has 0 aliphatic heterocycles. The molecule has 54 valence electrons. The van der Waals surface area contributed by atoms with Crippen LogP contribution in [0.4, 0.5) is 0 Å². The summed E-state index contributed by atoms with van der Waals surface area (Å²) in [5, 5.41) is 8.56. The molecule has 0 bridgehead atoms. The van der Waals surface area contributed by atoms with E-state index in [2.05, 4.69) is 4.74 Å². The highest BCUT2D eigenvalue weighted by molar-refractivity contribution is 6.19. The van der Waals surface area contributed by atoms with Gasteiger partial charge >= 0.3 is 5.97 Å². The number of ether oxygens (including phenoxy) is 1. The largest absolute Gasteiger partial charge is 0.459 e. The van der Waals surface area contributed by atoms with E-state index in [1.54, 1.807) is 0 Å². The lowest BCUT2D eigenvalue weighted by atomic mass is 10.4. The van der Waals surface area contributed by atoms with Gasteiger partial charge in [0.25, 0.3) is 0 Å². The van der Waals surface area contributed by atoms with Crippen molar-refractivity contribution in [2.75, 3.05) is 0 Å². The molecule has 0 fully saturated rings. The third-order valence-electron chi connectivity index (χ3n) is 0.739. The van der Waals surface area contributed by atoms with E-state index in [0.29, 0.717) is 0 Å². The van der Waals surface area contributed by atoms with Gasteiger partial charge in [-0.2, -0.15) is 0 Å². The zero-order valence-electron chi connectivity index (χ0n) is 5.30. The van der Waals surface area contributed by atoms with E-state index in [1.807, 2.05) is 0 Å². The number of halogens is 1. The Bertz CT molecular complexity index is 102. The summed E-state index contributed by atoms with van der Waals surface area (Å²) in [6, 6.07) is 0. The van der Waals surface area contributed by atoms with Gasteiger partial charge < -0.3 is 9.84 Å². The standard InChI is InChI=1S/C5H9ClO3/c1-3(5(6)8)9-4(2)7/h3,5,8H,1-2H3/t3-,5+/m0/s1. The summed E-state index contributed by atoms with van der Waals surface area (Å²) in [5.74, 6) is -0.442. The van der Waals surface area contributed by atoms with Crippen LogP contribution in [-0.2, 0) is 9.53 Å². The number of aliphatic hydroxyl groups excluding tert-OH is 1. The molecule has 9 heavy (non-hydrogen) atoms. The molecule has 4 heteroatoms. The summed E-state index contributed by atoms with van der Waals surface area (Å²) >= 11 is 5.15. The van der Waals surface area contributed by atoms with Gasteiger partial charge in [-0.05, 0) is 6.92 Å². The number of rotatable bonds is 2. The fourth-order valence-corrected chi connectivity index (χ4v) is 0.369. The molecular weight excluding hydrogens is 144 g/mol. The Morgan fingerprint density at radius 3 is 2.33 bits per heavy atom. The summed E-state index contributed by atoms with van der Waals surface area (Å²) in [4.78, 5) is 10.2. The average Bonchev–Trinajstić information content (AvgIpc) is 1.63. The van der Waals surface area contributed by atoms with E-state index in [0.717, 1.165) is 0 Å². The van der Waals surface area contributed by atoms with Crippen LogP contribution in [0.5, 0.6) is 0 Å². The van der Waals surface area contributed by atoms with Gasteiger partial charge in [-0.3, -0.25) is 4.79 Å². The maximum absolute atomic E-state index is 10.2. The molecule has 0 aliphatic rings. The Morgan fingerprint density at radius 2 is 2.22 bits per heavy atom. The van der Waals surface area contributed by atoms with E-state index in [9.17, 15) is 4.79 Å². The van der Waals surface area contributed by atoms with Crippen molar-refractivity contribution in [1.29, 1.82) is 0 Å². The number of aliphatic hydroxyl groups is 1. The van der Waals surface area contributed by atoms with Crippen LogP contribution in [-0.4, -0.2) is 22.7 Å². The molecule has 0 rings (SSSR count). The summed E-state index contributed by atoms with van der Waals surface area (Å²) in [5.41, 5.74) is -1.12. The minimum atomic E-state index is -1.12. The van der Waals surface area contributed by atoms with Gasteiger partial charge in [0, 0.05) is 6.92 Å². The first kappa shape index (κ1) is 8.72. The third kappa shape index (κ3) is 4.24. The van der Waals surface area contributed by atoms with Crippen molar-refractivity contribution in [2.45, 2.75) is 25.5 Å². The molecule has 0 aromatic carbocycles. The van der Waals surface area contributed by atoms with Crippen LogP contribution in [0.3, 0.4) is 0 Å². The van der Waals surface area contributed by atoms with Gasteiger partial charge in [-0.15, -0.1) is 0 Å². The van der Waals surface area contributed by atoms with Crippen LogP contribution < -0.4 is 0 Å². The number of esters is 1. The fourth-order valence-electron chi connectivity index (χ4n) is 0.318. The van der Waals surface area contributed by atoms with Crippen molar-refractivity contribution < 1.29 is 14.6 Å². The van der Waals surface area contributed by atoms with Crippen molar-refractivity contribution in [2.24, 2.45) is 0 Å². The first-order chi connectivity index (χ1) is 4.04. The van der Waals surface area contributed by atoms with Gasteiger partial charge in [-0.25, -0.2) is 0 Å². The monoisotopic (exact) mass is 152 g/mol. The predicted octanol–water partition coefficient (Wildman–Crippen LogP) is 0.495. The maximum atomic E-state index is 10.2. The lowest BCUT2D eigenvalue weighted by molar-refractivity contribution is -0.148. The van der Waals surface area contributed by atoms with Crippen molar-refractivity contribution in [3.05, 3.63) is 0 Å². The molecule has 3 nitrogen and oxygen atoms in total. The normalized spacial score (nSPS) is 16.4. The summed E-state index contributed by atoms with van der Waals surface area (Å²) < 4.78 is 4.49. The van der Waals surface area contributed by atoms with Crippen LogP contribution in [0.25, 0.3) is 0 Å². The predicted molar refractivity (Wildman–Crippen MR) is 33.1 cm³/mol. The number of carbonyl (C=O) groups is 1. The smallest absolute Gasteiger partial charge is 0.303 e. The quantitative estimate of drug-likeness (QED) is 0.463. The minimum absolute atomic E-state index is 0.442. The second-order valence-electron chi connectivity index (χ2n) is 1.69. The van der Waals surface area contributed by atoms with Crippen LogP contribution in [0.2, 0.25) is 0 Å². The summed E-state index contributed by atoms with van der Waals surface area (Å²) in [7, 11) is 0. The van der Waals surface area contributed by atoms with Crippen LogP contribution in [0, 0.1) is 0 Å². The highest BCUT2D eigenvalue weighted by Gasteiger charge is 2.12. The number of hydrogen-bond donors (Lipinski definition) is 1. The highest BCUT2D eigenvalue weighted by Crippen LogP contribution is 2.01. The molecule has 0 saturated heterocycles. The lowest BCUT2D eigenvalue weighted by Gasteiger charge is -2.11. The number of hydrogen-bond acceptors (Lipinski definition) is 3. The van der Waals surface area contributed by atoms with Gasteiger partial charge in [0.15, 0.2) is 5.56 Å². The SMILES string of the molecule is CC(=O)O[C@@H](C)[C@@H](O)Cl. The van der Waals surface area contributed by atoms with Crippen LogP contribution >= 0.6 is 11.6 Å². The molecule has 0 aliphatic carbocycles. The Kier molecular flexibility index (Phi) is 3.58. The van der Waals surface area contributed by atoms with Crippen molar-refractivity contribution in [3.8, 4) is 0 Å². The third-order valence-corrected chi connectivity index (χ3v) is 1.09. The first-order valence-corrected chi connectivity index (χ1v) is 2.97. The van der Waals surface area contributed by atoms with E-state index in [4.69, 9.17) is 16.7 Å². The average molecular weight is 153 g/mol. The molecule has 0 spiro atoms. The van der Waals surface area contributed by atoms with Crippen LogP contribution in [0.15, 0.2) is 0 Å². The topological polar surface area (TPSA) is 46.5 Å². The Morgan fingerprint density at radius 1 is 1.78 bits per heavy atom. The zero-order valence-corrected chi connectivity index (χ0v) is 6.05. The minimum Gasteiger partial charge on any atom is -0.459 e. The molecule has 1 N–H and O–H groups in total. The van der Waals surface area contributed by atoms with E-state index in [1.165, 1.54) is 13.8 Å². The molecule has 0 unspecified atom stereocenters. The molecule has 0 heterocycles. The summed E-state index contributed by atoms with van der Waals surface area (Å²) in [6.07, 6.45) is -0.635. The molecule has 0 radical (unpaired) electrons. The number of carbonyl (C=O) groups excluding carboxylic acids is 1. The highest BCUT2D eigenvalue weighted by atomic mass is 35.5. The molecule has 0 amide bonds. The van der Waals surface area contributed by atoms with Crippen molar-refractivity contribution in [3.63, 3.8) is 0 Å². The molecular formula is C5H9ClO3. The van der Waals surface area contributed by atoms with E-state index < -0.39 is 17.6 Å². The molecule has 0 aromatic rings. The maximum Gasteiger partial charge on any atom is 0.303 e. The van der Waals surface area contributed by atoms with E-state index in [-0.39, 0.29) is 0 Å². The van der Waals surface area contributed by atoms with Crippen molar-refractivity contribution >= 4 is 17.6 Å². The second-order valence-corrected chi connectivity index (χ2v) is 2.13. The number of alkyl halides is 1. The Labute approximate surface area is 58.6 Å². The summed E-state index contributed by atoms with van der Waals surface area (Å²) in [6.45, 7) is 2.77. The van der Waals surface area contributed by atoms with Gasteiger partial charge in [0.2, 0.25) is 0 Å². The zero-order chi connectivity index (χ0) is 7.44. The Balaban J connectivity index is 3.50. The van der Waals surface area contributed by atoms with Crippen LogP contribution in [0.1, 0.15) is 13.8 Å². The van der Waals surface area contributed by atoms with Crippen molar-refractivity contribution in [1.82, 2.24) is 0 Å². The fraction of sp³-hybridized carbons (Fsp3) is 0.800. The van der Waals surface area contributed by atoms with Gasteiger partial charge in [-0.1, -0.05) is 11.6 Å². The molecule has 0 aromatic heterocycles. The molecule has 0 saturated carbocycles. The van der Waals surface area contributed by atoms with Gasteiger partial charge in [0.05, 0.1) is 0 Å². The van der Waals surface area contributed by atoms with E-state index >= 15 is 0 Å². The Hall–Kier alpha value is -0.280. The van der Waals surface area contributed by atoms with Gasteiger partial charge in [0.1, 0.15) is 6.10 Å². The second kappa shape index (κ2) is 3.69. The molecule has 2 atom stereocenters.